The summed E-state index contributed by atoms with van der Waals surface area (Å²) < 4.78 is 40.8. The summed E-state index contributed by atoms with van der Waals surface area (Å²) >= 11 is 0. The third kappa shape index (κ3) is 40.5. The van der Waals surface area contributed by atoms with Gasteiger partial charge in [-0.1, -0.05) is 38.5 Å². The van der Waals surface area contributed by atoms with E-state index in [4.69, 9.17) is 38.3 Å². The van der Waals surface area contributed by atoms with Crippen LogP contribution < -0.4 is 47.9 Å². The van der Waals surface area contributed by atoms with Gasteiger partial charge in [-0.15, -0.1) is 0 Å². The summed E-state index contributed by atoms with van der Waals surface area (Å²) in [5.74, 6) is -3.07. The number of hydrogen-bond donors (Lipinski definition) is 18. The molecule has 0 aromatic heterocycles. The first-order valence-corrected chi connectivity index (χ1v) is 37.8. The number of carbonyl (C=O) groups excluding carboxylic acids is 10. The van der Waals surface area contributed by atoms with Crippen LogP contribution in [0, 0.1) is 0 Å². The predicted molar refractivity (Wildman–Crippen MR) is 380 cm³/mol. The van der Waals surface area contributed by atoms with Crippen molar-refractivity contribution in [1.82, 2.24) is 52.8 Å². The molecule has 106 heavy (non-hydrogen) atoms. The van der Waals surface area contributed by atoms with Crippen LogP contribution in [-0.2, 0) is 81.1 Å². The van der Waals surface area contributed by atoms with Crippen LogP contribution in [0.5, 0.6) is 0 Å². The quantitative estimate of drug-likeness (QED) is 0.0260. The highest BCUT2D eigenvalue weighted by atomic mass is 16.7. The van der Waals surface area contributed by atoms with Crippen molar-refractivity contribution in [2.45, 2.75) is 260 Å². The summed E-state index contributed by atoms with van der Waals surface area (Å²) in [7, 11) is 0. The van der Waals surface area contributed by atoms with E-state index in [9.17, 15) is 88.8 Å². The third-order valence-electron chi connectivity index (χ3n) is 17.9. The van der Waals surface area contributed by atoms with E-state index in [-0.39, 0.29) is 204 Å². The van der Waals surface area contributed by atoms with E-state index in [1.54, 1.807) is 4.90 Å². The zero-order valence-corrected chi connectivity index (χ0v) is 62.2. The Morgan fingerprint density at radius 2 is 0.736 bits per heavy atom. The zero-order chi connectivity index (χ0) is 77.9. The van der Waals surface area contributed by atoms with Crippen LogP contribution in [0.2, 0.25) is 0 Å². The second-order valence-corrected chi connectivity index (χ2v) is 27.2. The molecule has 12 atom stereocenters. The molecule has 18 N–H and O–H groups in total. The number of aliphatic hydroxyl groups excluding tert-OH is 9. The van der Waals surface area contributed by atoms with Crippen molar-refractivity contribution in [3.63, 3.8) is 0 Å². The molecule has 0 spiro atoms. The van der Waals surface area contributed by atoms with Crippen LogP contribution in [0.3, 0.4) is 0 Å². The fourth-order valence-corrected chi connectivity index (χ4v) is 12.0. The van der Waals surface area contributed by atoms with Gasteiger partial charge in [-0.25, -0.2) is 0 Å². The van der Waals surface area contributed by atoms with Crippen LogP contribution in [-0.4, -0.2) is 314 Å². The lowest BCUT2D eigenvalue weighted by atomic mass is 9.97. The largest absolute Gasteiger partial charge is 0.396 e. The maximum atomic E-state index is 13.9. The van der Waals surface area contributed by atoms with E-state index in [0.717, 1.165) is 38.5 Å². The summed E-state index contributed by atoms with van der Waals surface area (Å²) in [6.45, 7) is 2.15. The van der Waals surface area contributed by atoms with Crippen LogP contribution in [0.1, 0.15) is 181 Å². The normalized spacial score (nSPS) is 22.7. The molecule has 0 aromatic carbocycles. The van der Waals surface area contributed by atoms with Crippen LogP contribution in [0.15, 0.2) is 0 Å². The summed E-state index contributed by atoms with van der Waals surface area (Å²) in [6, 6.07) is -2.52. The van der Waals surface area contributed by atoms with Crippen LogP contribution in [0.25, 0.3) is 0 Å². The maximum absolute atomic E-state index is 13.9. The van der Waals surface area contributed by atoms with Crippen molar-refractivity contribution in [2.75, 3.05) is 125 Å². The van der Waals surface area contributed by atoms with Crippen molar-refractivity contribution < 1.29 is 127 Å². The van der Waals surface area contributed by atoms with E-state index >= 15 is 0 Å². The molecule has 3 heterocycles. The Morgan fingerprint density at radius 1 is 0.396 bits per heavy atom. The first-order valence-electron chi connectivity index (χ1n) is 37.8. The van der Waals surface area contributed by atoms with E-state index in [0.29, 0.717) is 90.0 Å². The highest BCUT2D eigenvalue weighted by Crippen LogP contribution is 2.25. The molecule has 10 unspecified atom stereocenters. The molecule has 612 valence electrons. The van der Waals surface area contributed by atoms with E-state index in [1.165, 1.54) is 13.8 Å². The minimum Gasteiger partial charge on any atom is -0.396 e. The average molecular weight is 1520 g/mol. The van der Waals surface area contributed by atoms with Gasteiger partial charge in [-0.2, -0.15) is 0 Å². The second kappa shape index (κ2) is 56.3. The average Bonchev–Trinajstić information content (AvgIpc) is 1.01. The van der Waals surface area contributed by atoms with Gasteiger partial charge in [-0.05, 0) is 77.0 Å². The fraction of sp³-hybridized carbons (Fsp3) is 0.857. The van der Waals surface area contributed by atoms with Crippen molar-refractivity contribution in [3.05, 3.63) is 0 Å². The van der Waals surface area contributed by atoms with Crippen LogP contribution >= 0.6 is 0 Å². The molecule has 3 rings (SSSR count). The Kier molecular flexibility index (Phi) is 50.1. The van der Waals surface area contributed by atoms with Gasteiger partial charge in [0.2, 0.25) is 59.1 Å². The lowest BCUT2D eigenvalue weighted by molar-refractivity contribution is -0.270. The molecule has 0 bridgehead atoms. The summed E-state index contributed by atoms with van der Waals surface area (Å²) in [6.07, 6.45) is 0.652. The van der Waals surface area contributed by atoms with Gasteiger partial charge in [-0.3, -0.25) is 47.9 Å². The monoisotopic (exact) mass is 1520 g/mol. The second-order valence-electron chi connectivity index (χ2n) is 27.2. The number of nitrogens with one attached hydrogen (secondary N) is 9. The summed E-state index contributed by atoms with van der Waals surface area (Å²) in [5.41, 5.74) is -1.39. The van der Waals surface area contributed by atoms with Gasteiger partial charge in [0, 0.05) is 131 Å². The lowest BCUT2D eigenvalue weighted by Gasteiger charge is -2.42. The van der Waals surface area contributed by atoms with Crippen molar-refractivity contribution >= 4 is 59.1 Å². The number of β-amino-alcohol motifs (C(OH)–C–C–N with tert-alkyl or cyclic N) is 1. The molecular weight excluding hydrogens is 1400 g/mol. The standard InChI is InChI=1S/C70H126N10O26/c1-48(85)77-62-66(98)64(96)52(43-83)105-68(62)103-35-15-12-21-55(89)72-29-18-32-75-58(92)26-38-101-46-70(45-100-37-25-57(91)74-31-17-28-71-54(88)20-11-14-34-81,79-60(94)23-9-7-5-3-4-6-8-10-24-61(95)80-41-51(87)40-50(80)42-82)47-102-39-27-59(93)76-33-19-30-73-56(90)22-13-16-36-104-69-63(78-49(2)86)67(99)65(97)53(44-84)106-69/h50-53,62-69,81-84,87,96-99H,3-47H2,1-2H3,(H,71,88)(H,72,89)(H,73,90)(H,74,91)(H,75,92)(H,76,93)(H,77,85)(H,78,86)(H,79,94)/t50-,51+,52?,53?,62?,63?,64?,65?,66?,67?,68?,69?,70?/m0/s1. The third-order valence-corrected chi connectivity index (χ3v) is 17.9. The molecule has 36 nitrogen and oxygen atoms in total. The van der Waals surface area contributed by atoms with Gasteiger partial charge in [0.15, 0.2) is 12.6 Å². The van der Waals surface area contributed by atoms with Gasteiger partial charge in [0.1, 0.15) is 54.2 Å². The molecule has 0 aromatic rings. The molecule has 0 radical (unpaired) electrons. The van der Waals surface area contributed by atoms with E-state index in [2.05, 4.69) is 47.9 Å². The van der Waals surface area contributed by atoms with E-state index in [1.807, 2.05) is 0 Å². The van der Waals surface area contributed by atoms with Gasteiger partial charge in [0.25, 0.3) is 0 Å². The smallest absolute Gasteiger partial charge is 0.222 e. The van der Waals surface area contributed by atoms with Crippen molar-refractivity contribution in [1.29, 1.82) is 0 Å². The van der Waals surface area contributed by atoms with Gasteiger partial charge in [0.05, 0.1) is 71.6 Å². The maximum Gasteiger partial charge on any atom is 0.222 e. The summed E-state index contributed by atoms with van der Waals surface area (Å²) in [5, 5.41) is 114. The number of amides is 10. The molecule has 3 fully saturated rings. The molecular formula is C70H126N10O26. The Morgan fingerprint density at radius 3 is 1.09 bits per heavy atom. The first kappa shape index (κ1) is 94.3. The molecule has 3 aliphatic heterocycles. The minimum absolute atomic E-state index is 0.000849. The molecule has 3 aliphatic rings. The van der Waals surface area contributed by atoms with E-state index < -0.39 is 98.0 Å². The Hall–Kier alpha value is -5.94. The molecule has 0 aliphatic carbocycles. The zero-order valence-electron chi connectivity index (χ0n) is 62.2. The van der Waals surface area contributed by atoms with Crippen molar-refractivity contribution in [3.8, 4) is 0 Å². The highest BCUT2D eigenvalue weighted by molar-refractivity contribution is 5.79. The summed E-state index contributed by atoms with van der Waals surface area (Å²) in [4.78, 5) is 128. The number of hydrogen-bond acceptors (Lipinski definition) is 26. The molecule has 36 heteroatoms. The molecule has 10 amide bonds. The van der Waals surface area contributed by atoms with Crippen LogP contribution in [0.4, 0.5) is 0 Å². The minimum atomic E-state index is -1.45. The first-order chi connectivity index (χ1) is 51.0. The number of likely N-dealkylation sites (tertiary alicyclic amines) is 1. The molecule has 3 saturated heterocycles. The molecule has 0 saturated carbocycles. The predicted octanol–water partition coefficient (Wildman–Crippen LogP) is -3.79. The number of unbranched alkanes of at least 4 members (excludes halogenated alkanes) is 10. The highest BCUT2D eigenvalue weighted by Gasteiger charge is 2.47. The SMILES string of the molecule is CC(=O)NC1C(OCCCCC(=O)NCCCNC(=O)CCOCC(COCCC(=O)NCCCNC(=O)CCCCO)(COCCC(=O)NCCCNC(=O)CCCCOC2OC(CO)C(O)C(O)C2NC(C)=O)NC(=O)CCCCCCCCCCC(=O)N2C[C@H](O)C[C@H]2CO)OC(CO)C(O)C1O. The Balaban J connectivity index is 1.55. The van der Waals surface area contributed by atoms with Gasteiger partial charge < -0.3 is 132 Å². The lowest BCUT2D eigenvalue weighted by Crippen LogP contribution is -2.64. The number of rotatable bonds is 60. The number of nitrogens with zero attached hydrogens (tertiary/aromatic N) is 1. The Bertz CT molecular complexity index is 2430. The number of carbonyl (C=O) groups is 10. The Labute approximate surface area is 621 Å². The fourth-order valence-electron chi connectivity index (χ4n) is 12.0. The van der Waals surface area contributed by atoms with Crippen molar-refractivity contribution in [2.24, 2.45) is 0 Å². The number of ether oxygens (including phenoxy) is 7. The van der Waals surface area contributed by atoms with Gasteiger partial charge >= 0.3 is 0 Å². The number of aliphatic hydroxyl groups is 9. The topological polar surface area (TPSA) is 529 Å².